The van der Waals surface area contributed by atoms with E-state index >= 15 is 0 Å². The number of halogens is 1. The van der Waals surface area contributed by atoms with E-state index in [9.17, 15) is 0 Å². The molecule has 0 radical (unpaired) electrons. The molecule has 2 nitrogen and oxygen atoms in total. The third-order valence-electron chi connectivity index (χ3n) is 3.13. The van der Waals surface area contributed by atoms with Crippen LogP contribution in [0.25, 0.3) is 0 Å². The summed E-state index contributed by atoms with van der Waals surface area (Å²) in [6.07, 6.45) is 3.19. The molecule has 1 aromatic heterocycles. The molecule has 0 atom stereocenters. The van der Waals surface area contributed by atoms with Crippen molar-refractivity contribution in [2.45, 2.75) is 25.2 Å². The molecular weight excluding hydrogens is 296 g/mol. The van der Waals surface area contributed by atoms with Gasteiger partial charge in [0.25, 0.3) is 0 Å². The minimum absolute atomic E-state index is 0.469. The molecule has 1 heterocycles. The predicted octanol–water partition coefficient (Wildman–Crippen LogP) is 3.90. The maximum atomic E-state index is 6.00. The van der Waals surface area contributed by atoms with E-state index in [1.807, 2.05) is 18.2 Å². The predicted molar refractivity (Wildman–Crippen MR) is 84.2 cm³/mol. The van der Waals surface area contributed by atoms with E-state index in [-0.39, 0.29) is 0 Å². The fourth-order valence-corrected chi connectivity index (χ4v) is 3.56. The second-order valence-electron chi connectivity index (χ2n) is 4.77. The maximum Gasteiger partial charge on any atom is 0.116 e. The van der Waals surface area contributed by atoms with Gasteiger partial charge in [-0.05, 0) is 30.5 Å². The van der Waals surface area contributed by atoms with Crippen molar-refractivity contribution in [2.75, 3.05) is 0 Å². The van der Waals surface area contributed by atoms with Gasteiger partial charge >= 0.3 is 0 Å². The average Bonchev–Trinajstić information content (AvgIpc) is 3.11. The highest BCUT2D eigenvalue weighted by Crippen LogP contribution is 2.42. The Balaban J connectivity index is 1.89. The molecule has 1 saturated carbocycles. The summed E-state index contributed by atoms with van der Waals surface area (Å²) >= 11 is 12.7. The quantitative estimate of drug-likeness (QED) is 0.871. The maximum absolute atomic E-state index is 6.00. The van der Waals surface area contributed by atoms with Crippen LogP contribution in [-0.4, -0.2) is 9.97 Å². The minimum Gasteiger partial charge on any atom is -0.389 e. The van der Waals surface area contributed by atoms with Crippen LogP contribution >= 0.6 is 35.2 Å². The number of benzene rings is 1. The van der Waals surface area contributed by atoms with E-state index in [4.69, 9.17) is 34.5 Å². The SMILES string of the molecule is NC(=S)c1sc(Cc2cccc(Cl)c2)nc1C1CC1. The lowest BCUT2D eigenvalue weighted by atomic mass is 10.1. The topological polar surface area (TPSA) is 38.9 Å². The van der Waals surface area contributed by atoms with Gasteiger partial charge in [0.15, 0.2) is 0 Å². The van der Waals surface area contributed by atoms with E-state index in [0.29, 0.717) is 10.9 Å². The normalized spacial score (nSPS) is 14.6. The molecule has 19 heavy (non-hydrogen) atoms. The number of rotatable bonds is 4. The van der Waals surface area contributed by atoms with Gasteiger partial charge in [0.2, 0.25) is 0 Å². The summed E-state index contributed by atoms with van der Waals surface area (Å²) in [4.78, 5) is 6.19. The van der Waals surface area contributed by atoms with Crippen molar-refractivity contribution in [1.82, 2.24) is 4.98 Å². The van der Waals surface area contributed by atoms with Crippen LogP contribution in [0.3, 0.4) is 0 Å². The average molecular weight is 309 g/mol. The molecule has 2 N–H and O–H groups in total. The number of thiazole rings is 1. The number of hydrogen-bond acceptors (Lipinski definition) is 3. The highest BCUT2D eigenvalue weighted by atomic mass is 35.5. The van der Waals surface area contributed by atoms with Crippen molar-refractivity contribution >= 4 is 40.1 Å². The van der Waals surface area contributed by atoms with Gasteiger partial charge in [-0.15, -0.1) is 11.3 Å². The van der Waals surface area contributed by atoms with Crippen molar-refractivity contribution in [3.63, 3.8) is 0 Å². The Morgan fingerprint density at radius 3 is 2.89 bits per heavy atom. The molecule has 0 amide bonds. The second kappa shape index (κ2) is 5.19. The number of thiocarbonyl (C=S) groups is 1. The Morgan fingerprint density at radius 1 is 1.47 bits per heavy atom. The smallest absolute Gasteiger partial charge is 0.116 e. The highest BCUT2D eigenvalue weighted by Gasteiger charge is 2.30. The van der Waals surface area contributed by atoms with Crippen molar-refractivity contribution in [3.05, 3.63) is 50.4 Å². The Labute approximate surface area is 126 Å². The van der Waals surface area contributed by atoms with Crippen LogP contribution in [0.1, 0.15) is 39.9 Å². The summed E-state index contributed by atoms with van der Waals surface area (Å²) < 4.78 is 0. The van der Waals surface area contributed by atoms with Crippen molar-refractivity contribution in [3.8, 4) is 0 Å². The molecule has 2 aromatic rings. The Bertz CT molecular complexity index is 632. The lowest BCUT2D eigenvalue weighted by molar-refractivity contribution is 1.00. The summed E-state index contributed by atoms with van der Waals surface area (Å²) in [5.41, 5.74) is 8.06. The first-order valence-corrected chi connectivity index (χ1v) is 7.77. The fraction of sp³-hybridized carbons (Fsp3) is 0.286. The zero-order chi connectivity index (χ0) is 13.4. The van der Waals surface area contributed by atoms with E-state index in [2.05, 4.69) is 6.07 Å². The van der Waals surface area contributed by atoms with Gasteiger partial charge in [0.05, 0.1) is 15.6 Å². The van der Waals surface area contributed by atoms with Crippen molar-refractivity contribution in [1.29, 1.82) is 0 Å². The number of aromatic nitrogens is 1. The number of hydrogen-bond donors (Lipinski definition) is 1. The molecular formula is C14H13ClN2S2. The first-order chi connectivity index (χ1) is 9.13. The van der Waals surface area contributed by atoms with E-state index in [1.54, 1.807) is 11.3 Å². The summed E-state index contributed by atoms with van der Waals surface area (Å²) in [7, 11) is 0. The third kappa shape index (κ3) is 2.96. The molecule has 1 aliphatic rings. The van der Waals surface area contributed by atoms with Crippen LogP contribution in [0.4, 0.5) is 0 Å². The second-order valence-corrected chi connectivity index (χ2v) is 6.73. The molecule has 1 aromatic carbocycles. The van der Waals surface area contributed by atoms with Crippen LogP contribution < -0.4 is 5.73 Å². The van der Waals surface area contributed by atoms with E-state index in [1.165, 1.54) is 12.8 Å². The number of nitrogens with two attached hydrogens (primary N) is 1. The zero-order valence-electron chi connectivity index (χ0n) is 10.2. The first-order valence-electron chi connectivity index (χ1n) is 6.17. The Hall–Kier alpha value is -0.970. The molecule has 5 heteroatoms. The molecule has 98 valence electrons. The highest BCUT2D eigenvalue weighted by molar-refractivity contribution is 7.81. The van der Waals surface area contributed by atoms with Gasteiger partial charge in [0, 0.05) is 17.4 Å². The summed E-state index contributed by atoms with van der Waals surface area (Å²) in [5, 5.41) is 1.82. The van der Waals surface area contributed by atoms with Crippen LogP contribution in [0.5, 0.6) is 0 Å². The van der Waals surface area contributed by atoms with Crippen molar-refractivity contribution in [2.24, 2.45) is 5.73 Å². The third-order valence-corrected chi connectivity index (χ3v) is 4.80. The van der Waals surface area contributed by atoms with Gasteiger partial charge < -0.3 is 5.73 Å². The molecule has 0 aliphatic heterocycles. The lowest BCUT2D eigenvalue weighted by Gasteiger charge is -1.98. The standard InChI is InChI=1S/C14H13ClN2S2/c15-10-3-1-2-8(6-10)7-11-17-12(9-4-5-9)13(19-11)14(16)18/h1-3,6,9H,4-5,7H2,(H2,16,18). The van der Waals surface area contributed by atoms with Gasteiger partial charge in [-0.25, -0.2) is 4.98 Å². The first kappa shape index (κ1) is 13.0. The van der Waals surface area contributed by atoms with Gasteiger partial charge in [0.1, 0.15) is 4.99 Å². The van der Waals surface area contributed by atoms with E-state index < -0.39 is 0 Å². The molecule has 0 spiro atoms. The zero-order valence-corrected chi connectivity index (χ0v) is 12.6. The van der Waals surface area contributed by atoms with Crippen LogP contribution in [0, 0.1) is 0 Å². The summed E-state index contributed by atoms with van der Waals surface area (Å²) in [6.45, 7) is 0. The van der Waals surface area contributed by atoms with Gasteiger partial charge in [-0.2, -0.15) is 0 Å². The molecule has 1 aliphatic carbocycles. The molecule has 3 rings (SSSR count). The Morgan fingerprint density at radius 2 is 2.26 bits per heavy atom. The van der Waals surface area contributed by atoms with Crippen LogP contribution in [0.2, 0.25) is 5.02 Å². The van der Waals surface area contributed by atoms with Gasteiger partial charge in [-0.3, -0.25) is 0 Å². The van der Waals surface area contributed by atoms with Gasteiger partial charge in [-0.1, -0.05) is 36.0 Å². The van der Waals surface area contributed by atoms with E-state index in [0.717, 1.165) is 32.6 Å². The molecule has 0 unspecified atom stereocenters. The summed E-state index contributed by atoms with van der Waals surface area (Å²) in [5.74, 6) is 0.570. The molecule has 1 fully saturated rings. The monoisotopic (exact) mass is 308 g/mol. The van der Waals surface area contributed by atoms with Crippen LogP contribution in [0.15, 0.2) is 24.3 Å². The number of nitrogens with zero attached hydrogens (tertiary/aromatic N) is 1. The van der Waals surface area contributed by atoms with Crippen LogP contribution in [-0.2, 0) is 6.42 Å². The Kier molecular flexibility index (Phi) is 3.56. The largest absolute Gasteiger partial charge is 0.389 e. The molecule has 0 saturated heterocycles. The fourth-order valence-electron chi connectivity index (χ4n) is 2.09. The molecule has 0 bridgehead atoms. The minimum atomic E-state index is 0.469. The lowest BCUT2D eigenvalue weighted by Crippen LogP contribution is -2.09. The summed E-state index contributed by atoms with van der Waals surface area (Å²) in [6, 6.07) is 7.87. The van der Waals surface area contributed by atoms with Crippen molar-refractivity contribution < 1.29 is 0 Å².